The van der Waals surface area contributed by atoms with Crippen molar-refractivity contribution in [1.29, 1.82) is 0 Å². The molecular weight excluding hydrogens is 345 g/mol. The number of fused-ring (bicyclic) bond motifs is 1. The van der Waals surface area contributed by atoms with Crippen molar-refractivity contribution in [2.24, 2.45) is 0 Å². The fourth-order valence-electron chi connectivity index (χ4n) is 2.84. The molecule has 8 heteroatoms. The van der Waals surface area contributed by atoms with Gasteiger partial charge >= 0.3 is 5.69 Å². The normalized spacial score (nSPS) is 11.2. The number of rotatable bonds is 3. The van der Waals surface area contributed by atoms with Gasteiger partial charge < -0.3 is 10.3 Å². The van der Waals surface area contributed by atoms with Crippen LogP contribution in [-0.2, 0) is 0 Å². The first-order chi connectivity index (χ1) is 12.1. The van der Waals surface area contributed by atoms with Crippen LogP contribution in [0.3, 0.4) is 0 Å². The van der Waals surface area contributed by atoms with Gasteiger partial charge in [-0.25, -0.2) is 14.2 Å². The molecular formula is C17H13ClFN5O. The summed E-state index contributed by atoms with van der Waals surface area (Å²) in [6.07, 6.45) is 1.59. The molecule has 0 aliphatic heterocycles. The first kappa shape index (κ1) is 15.5. The Hall–Kier alpha value is -3.06. The zero-order chi connectivity index (χ0) is 17.6. The Kier molecular flexibility index (Phi) is 3.58. The summed E-state index contributed by atoms with van der Waals surface area (Å²) in [5, 5.41) is 2.97. The summed E-state index contributed by atoms with van der Waals surface area (Å²) in [6, 6.07) is 9.84. The molecule has 0 aliphatic carbocycles. The van der Waals surface area contributed by atoms with E-state index in [9.17, 15) is 9.18 Å². The summed E-state index contributed by atoms with van der Waals surface area (Å²) >= 11 is 5.78. The van der Waals surface area contributed by atoms with E-state index in [2.05, 4.69) is 20.3 Å². The highest BCUT2D eigenvalue weighted by Crippen LogP contribution is 2.30. The van der Waals surface area contributed by atoms with Gasteiger partial charge in [-0.05, 0) is 30.3 Å². The van der Waals surface area contributed by atoms with E-state index in [1.807, 2.05) is 12.1 Å². The number of benzene rings is 2. The lowest BCUT2D eigenvalue weighted by molar-refractivity contribution is 0.628. The van der Waals surface area contributed by atoms with Crippen molar-refractivity contribution in [3.63, 3.8) is 0 Å². The number of nitrogens with one attached hydrogen (secondary N) is 3. The molecule has 0 bridgehead atoms. The van der Waals surface area contributed by atoms with E-state index in [4.69, 9.17) is 11.6 Å². The summed E-state index contributed by atoms with van der Waals surface area (Å²) in [5.41, 5.74) is 2.92. The zero-order valence-corrected chi connectivity index (χ0v) is 13.9. The van der Waals surface area contributed by atoms with Crippen molar-refractivity contribution in [1.82, 2.24) is 19.5 Å². The van der Waals surface area contributed by atoms with Crippen LogP contribution in [0, 0.1) is 5.82 Å². The van der Waals surface area contributed by atoms with E-state index < -0.39 is 5.82 Å². The molecule has 2 aromatic heterocycles. The highest BCUT2D eigenvalue weighted by atomic mass is 35.5. The summed E-state index contributed by atoms with van der Waals surface area (Å²) in [4.78, 5) is 22.5. The van der Waals surface area contributed by atoms with E-state index in [1.165, 1.54) is 16.7 Å². The third-order valence-corrected chi connectivity index (χ3v) is 4.31. The van der Waals surface area contributed by atoms with Crippen LogP contribution in [0.15, 0.2) is 47.5 Å². The highest BCUT2D eigenvalue weighted by Gasteiger charge is 2.18. The zero-order valence-electron chi connectivity index (χ0n) is 13.1. The van der Waals surface area contributed by atoms with E-state index in [-0.39, 0.29) is 10.7 Å². The monoisotopic (exact) mass is 357 g/mol. The predicted octanol–water partition coefficient (Wildman–Crippen LogP) is 3.54. The van der Waals surface area contributed by atoms with E-state index in [0.29, 0.717) is 22.8 Å². The van der Waals surface area contributed by atoms with E-state index in [0.717, 1.165) is 11.0 Å². The van der Waals surface area contributed by atoms with Gasteiger partial charge in [-0.15, -0.1) is 0 Å². The third kappa shape index (κ3) is 2.49. The minimum absolute atomic E-state index is 0.0260. The SMILES string of the molecule is CNc1[nH]c(=O)n(-c2ccc3nc[nH]c3c2)c1-c1ccc(Cl)c(F)c1. The molecule has 0 unspecified atom stereocenters. The van der Waals surface area contributed by atoms with Gasteiger partial charge in [0, 0.05) is 12.6 Å². The van der Waals surface area contributed by atoms with Gasteiger partial charge in [0.15, 0.2) is 0 Å². The number of imidazole rings is 2. The minimum atomic E-state index is -0.551. The molecule has 0 amide bonds. The molecule has 0 saturated carbocycles. The van der Waals surface area contributed by atoms with Crippen LogP contribution in [0.5, 0.6) is 0 Å². The second-order valence-corrected chi connectivity index (χ2v) is 5.88. The van der Waals surface area contributed by atoms with Crippen LogP contribution in [0.1, 0.15) is 0 Å². The lowest BCUT2D eigenvalue weighted by Gasteiger charge is -2.10. The summed E-state index contributed by atoms with van der Waals surface area (Å²) in [7, 11) is 1.68. The molecule has 4 rings (SSSR count). The van der Waals surface area contributed by atoms with Crippen molar-refractivity contribution in [3.8, 4) is 16.9 Å². The van der Waals surface area contributed by atoms with E-state index >= 15 is 0 Å². The minimum Gasteiger partial charge on any atom is -0.373 e. The van der Waals surface area contributed by atoms with Gasteiger partial charge in [-0.2, -0.15) is 0 Å². The van der Waals surface area contributed by atoms with Gasteiger partial charge in [0.1, 0.15) is 11.6 Å². The van der Waals surface area contributed by atoms with Crippen LogP contribution < -0.4 is 11.0 Å². The maximum atomic E-state index is 13.9. The number of aromatic amines is 2. The molecule has 0 saturated heterocycles. The molecule has 3 N–H and O–H groups in total. The molecule has 2 heterocycles. The van der Waals surface area contributed by atoms with Crippen molar-refractivity contribution >= 4 is 28.5 Å². The molecule has 0 fully saturated rings. The molecule has 126 valence electrons. The number of halogens is 2. The van der Waals surface area contributed by atoms with Crippen molar-refractivity contribution in [2.75, 3.05) is 12.4 Å². The number of aromatic nitrogens is 4. The Labute approximate surface area is 146 Å². The van der Waals surface area contributed by atoms with Crippen LogP contribution in [-0.4, -0.2) is 26.6 Å². The molecule has 25 heavy (non-hydrogen) atoms. The number of anilines is 1. The number of hydrogen-bond donors (Lipinski definition) is 3. The van der Waals surface area contributed by atoms with Gasteiger partial charge in [-0.3, -0.25) is 9.55 Å². The smallest absolute Gasteiger partial charge is 0.332 e. The first-order valence-electron chi connectivity index (χ1n) is 7.50. The molecule has 4 aromatic rings. The average molecular weight is 358 g/mol. The Bertz CT molecular complexity index is 1140. The maximum absolute atomic E-state index is 13.9. The lowest BCUT2D eigenvalue weighted by atomic mass is 10.1. The average Bonchev–Trinajstić information content (AvgIpc) is 3.20. The number of nitrogens with zero attached hydrogens (tertiary/aromatic N) is 2. The van der Waals surface area contributed by atoms with Gasteiger partial charge in [-0.1, -0.05) is 17.7 Å². The Morgan fingerprint density at radius 3 is 2.84 bits per heavy atom. The molecule has 0 spiro atoms. The number of hydrogen-bond acceptors (Lipinski definition) is 3. The fraction of sp³-hybridized carbons (Fsp3) is 0.0588. The Morgan fingerprint density at radius 2 is 2.08 bits per heavy atom. The summed E-state index contributed by atoms with van der Waals surface area (Å²) < 4.78 is 15.4. The molecule has 0 aliphatic rings. The lowest BCUT2D eigenvalue weighted by Crippen LogP contribution is -2.15. The molecule has 2 aromatic carbocycles. The van der Waals surface area contributed by atoms with E-state index in [1.54, 1.807) is 25.5 Å². The topological polar surface area (TPSA) is 78.5 Å². The van der Waals surface area contributed by atoms with Gasteiger partial charge in [0.25, 0.3) is 0 Å². The summed E-state index contributed by atoms with van der Waals surface area (Å²) in [5.74, 6) is -0.0677. The Balaban J connectivity index is 2.00. The van der Waals surface area contributed by atoms with Crippen LogP contribution in [0.4, 0.5) is 10.2 Å². The van der Waals surface area contributed by atoms with Crippen LogP contribution in [0.2, 0.25) is 5.02 Å². The summed E-state index contributed by atoms with van der Waals surface area (Å²) in [6.45, 7) is 0. The van der Waals surface area contributed by atoms with Crippen molar-refractivity contribution < 1.29 is 4.39 Å². The van der Waals surface area contributed by atoms with Gasteiger partial charge in [0.05, 0.1) is 33.8 Å². The fourth-order valence-corrected chi connectivity index (χ4v) is 2.96. The number of H-pyrrole nitrogens is 2. The second-order valence-electron chi connectivity index (χ2n) is 5.47. The first-order valence-corrected chi connectivity index (χ1v) is 7.88. The maximum Gasteiger partial charge on any atom is 0.332 e. The van der Waals surface area contributed by atoms with Crippen LogP contribution >= 0.6 is 11.6 Å². The Morgan fingerprint density at radius 1 is 1.24 bits per heavy atom. The van der Waals surface area contributed by atoms with Crippen molar-refractivity contribution in [2.45, 2.75) is 0 Å². The molecule has 0 radical (unpaired) electrons. The molecule has 0 atom stereocenters. The van der Waals surface area contributed by atoms with Gasteiger partial charge in [0.2, 0.25) is 0 Å². The highest BCUT2D eigenvalue weighted by molar-refractivity contribution is 6.30. The predicted molar refractivity (Wildman–Crippen MR) is 96.0 cm³/mol. The van der Waals surface area contributed by atoms with Crippen LogP contribution in [0.25, 0.3) is 28.0 Å². The standard InChI is InChI=1S/C17H13ClFN5O/c1-20-16-15(9-2-4-11(18)12(19)6-9)24(17(25)23-16)10-3-5-13-14(7-10)22-8-21-13/h2-8,20H,1H3,(H,21,22)(H,23,25). The third-order valence-electron chi connectivity index (χ3n) is 4.00. The quantitative estimate of drug-likeness (QED) is 0.524. The largest absolute Gasteiger partial charge is 0.373 e. The molecule has 6 nitrogen and oxygen atoms in total. The van der Waals surface area contributed by atoms with Crippen molar-refractivity contribution in [3.05, 3.63) is 64.0 Å². The second kappa shape index (κ2) is 5.78.